The lowest BCUT2D eigenvalue weighted by molar-refractivity contribution is 0.174. The topological polar surface area (TPSA) is 12.5 Å². The van der Waals surface area contributed by atoms with Crippen LogP contribution < -0.4 is 0 Å². The van der Waals surface area contributed by atoms with E-state index in [0.29, 0.717) is 5.60 Å². The summed E-state index contributed by atoms with van der Waals surface area (Å²) in [6.45, 7) is 3.35. The molecule has 11 heavy (non-hydrogen) atoms. The van der Waals surface area contributed by atoms with Crippen LogP contribution in [0.2, 0.25) is 0 Å². The molecule has 62 valence electrons. The van der Waals surface area contributed by atoms with Crippen molar-refractivity contribution in [2.45, 2.75) is 38.2 Å². The molecule has 1 aliphatic heterocycles. The van der Waals surface area contributed by atoms with Crippen molar-refractivity contribution in [3.8, 4) is 0 Å². The van der Waals surface area contributed by atoms with E-state index < -0.39 is 0 Å². The third kappa shape index (κ3) is 0.807. The van der Waals surface area contributed by atoms with Crippen molar-refractivity contribution >= 4 is 0 Å². The van der Waals surface area contributed by atoms with Crippen LogP contribution >= 0.6 is 0 Å². The first-order valence-corrected chi connectivity index (χ1v) is 4.92. The predicted molar refractivity (Wildman–Crippen MR) is 43.3 cm³/mol. The van der Waals surface area contributed by atoms with Gasteiger partial charge in [0.2, 0.25) is 0 Å². The van der Waals surface area contributed by atoms with Crippen molar-refractivity contribution in [3.05, 3.63) is 0 Å². The predicted octanol–water partition coefficient (Wildman–Crippen LogP) is 2.21. The van der Waals surface area contributed by atoms with E-state index in [1.165, 1.54) is 25.7 Å². The largest absolute Gasteiger partial charge is 0.370 e. The molecular weight excluding hydrogens is 136 g/mol. The molecule has 0 aromatic carbocycles. The smallest absolute Gasteiger partial charge is 0.0919 e. The Labute approximate surface area is 68.1 Å². The van der Waals surface area contributed by atoms with E-state index in [0.717, 1.165) is 24.4 Å². The van der Waals surface area contributed by atoms with Gasteiger partial charge in [0.1, 0.15) is 0 Å². The van der Waals surface area contributed by atoms with Crippen LogP contribution in [0.3, 0.4) is 0 Å². The van der Waals surface area contributed by atoms with Crippen molar-refractivity contribution in [3.63, 3.8) is 0 Å². The van der Waals surface area contributed by atoms with Crippen LogP contribution in [-0.2, 0) is 4.74 Å². The summed E-state index contributed by atoms with van der Waals surface area (Å²) >= 11 is 0. The number of hydrogen-bond donors (Lipinski definition) is 0. The lowest BCUT2D eigenvalue weighted by atomic mass is 9.80. The number of rotatable bonds is 1. The van der Waals surface area contributed by atoms with Crippen LogP contribution in [0.15, 0.2) is 0 Å². The second-order valence-corrected chi connectivity index (χ2v) is 4.88. The molecule has 4 unspecified atom stereocenters. The third-order valence-corrected chi connectivity index (χ3v) is 4.12. The summed E-state index contributed by atoms with van der Waals surface area (Å²) < 4.78 is 5.53. The molecule has 0 radical (unpaired) electrons. The van der Waals surface area contributed by atoms with Crippen molar-refractivity contribution in [1.29, 1.82) is 0 Å². The normalized spacial score (nSPS) is 60.3. The Bertz CT molecular complexity index is 183. The molecule has 2 aliphatic carbocycles. The van der Waals surface area contributed by atoms with Gasteiger partial charge < -0.3 is 4.74 Å². The van der Waals surface area contributed by atoms with Crippen LogP contribution in [0.5, 0.6) is 0 Å². The fraction of sp³-hybridized carbons (Fsp3) is 1.00. The van der Waals surface area contributed by atoms with E-state index in [1.54, 1.807) is 0 Å². The van der Waals surface area contributed by atoms with Gasteiger partial charge in [0.05, 0.1) is 12.2 Å². The van der Waals surface area contributed by atoms with Crippen LogP contribution in [-0.4, -0.2) is 12.2 Å². The van der Waals surface area contributed by atoms with Crippen LogP contribution in [0.25, 0.3) is 0 Å². The molecule has 0 aromatic heterocycles. The van der Waals surface area contributed by atoms with Gasteiger partial charge in [-0.2, -0.15) is 0 Å². The standard InChI is InChI=1S/C10H16O/c1-10(6-11-10)9-5-7-2-3-8(9)4-7/h7-9H,2-6H2,1H3. The molecule has 1 heterocycles. The zero-order chi connectivity index (χ0) is 7.47. The van der Waals surface area contributed by atoms with Gasteiger partial charge in [-0.3, -0.25) is 0 Å². The number of fused-ring (bicyclic) bond motifs is 2. The van der Waals surface area contributed by atoms with Gasteiger partial charge in [-0.05, 0) is 43.9 Å². The molecular formula is C10H16O. The van der Waals surface area contributed by atoms with Gasteiger partial charge in [-0.1, -0.05) is 6.42 Å². The summed E-state index contributed by atoms with van der Waals surface area (Å²) in [5.74, 6) is 3.04. The van der Waals surface area contributed by atoms with Gasteiger partial charge in [0.25, 0.3) is 0 Å². The summed E-state index contributed by atoms with van der Waals surface area (Å²) in [6.07, 6.45) is 6.00. The van der Waals surface area contributed by atoms with Gasteiger partial charge in [-0.25, -0.2) is 0 Å². The molecule has 4 atom stereocenters. The highest BCUT2D eigenvalue weighted by Crippen LogP contribution is 2.56. The quantitative estimate of drug-likeness (QED) is 0.525. The molecule has 0 spiro atoms. The second kappa shape index (κ2) is 1.82. The van der Waals surface area contributed by atoms with E-state index in [2.05, 4.69) is 6.92 Å². The van der Waals surface area contributed by atoms with Gasteiger partial charge in [0, 0.05) is 0 Å². The molecule has 3 fully saturated rings. The van der Waals surface area contributed by atoms with E-state index in [9.17, 15) is 0 Å². The Morgan fingerprint density at radius 3 is 2.55 bits per heavy atom. The average Bonchev–Trinajstić information content (AvgIpc) is 2.52. The molecule has 1 nitrogen and oxygen atoms in total. The van der Waals surface area contributed by atoms with Crippen molar-refractivity contribution in [2.24, 2.45) is 17.8 Å². The van der Waals surface area contributed by atoms with Gasteiger partial charge in [0.15, 0.2) is 0 Å². The molecule has 3 rings (SSSR count). The van der Waals surface area contributed by atoms with E-state index in [1.807, 2.05) is 0 Å². The summed E-state index contributed by atoms with van der Waals surface area (Å²) in [5.41, 5.74) is 0.333. The second-order valence-electron chi connectivity index (χ2n) is 4.88. The molecule has 0 N–H and O–H groups in total. The molecule has 2 saturated carbocycles. The molecule has 3 aliphatic rings. The first-order valence-electron chi connectivity index (χ1n) is 4.92. The summed E-state index contributed by atoms with van der Waals surface area (Å²) in [5, 5.41) is 0. The maximum atomic E-state index is 5.53. The van der Waals surface area contributed by atoms with Gasteiger partial charge >= 0.3 is 0 Å². The number of ether oxygens (including phenoxy) is 1. The summed E-state index contributed by atoms with van der Waals surface area (Å²) in [7, 11) is 0. The number of hydrogen-bond acceptors (Lipinski definition) is 1. The molecule has 0 amide bonds. The molecule has 1 saturated heterocycles. The maximum Gasteiger partial charge on any atom is 0.0919 e. The Hall–Kier alpha value is -0.0400. The maximum absolute atomic E-state index is 5.53. The third-order valence-electron chi connectivity index (χ3n) is 4.12. The Kier molecular flexibility index (Phi) is 1.07. The lowest BCUT2D eigenvalue weighted by Gasteiger charge is -2.24. The Morgan fingerprint density at radius 1 is 1.27 bits per heavy atom. The molecule has 2 bridgehead atoms. The van der Waals surface area contributed by atoms with E-state index in [4.69, 9.17) is 4.74 Å². The Balaban J connectivity index is 1.81. The van der Waals surface area contributed by atoms with Gasteiger partial charge in [-0.15, -0.1) is 0 Å². The van der Waals surface area contributed by atoms with Crippen LogP contribution in [0.1, 0.15) is 32.6 Å². The summed E-state index contributed by atoms with van der Waals surface area (Å²) in [6, 6.07) is 0. The monoisotopic (exact) mass is 152 g/mol. The zero-order valence-corrected chi connectivity index (χ0v) is 7.18. The highest BCUT2D eigenvalue weighted by Gasteiger charge is 2.55. The highest BCUT2D eigenvalue weighted by atomic mass is 16.6. The zero-order valence-electron chi connectivity index (χ0n) is 7.18. The van der Waals surface area contributed by atoms with E-state index in [-0.39, 0.29) is 0 Å². The van der Waals surface area contributed by atoms with Crippen LogP contribution in [0.4, 0.5) is 0 Å². The Morgan fingerprint density at radius 2 is 2.09 bits per heavy atom. The minimum atomic E-state index is 0.333. The van der Waals surface area contributed by atoms with E-state index >= 15 is 0 Å². The fourth-order valence-electron chi connectivity index (χ4n) is 3.32. The van der Waals surface area contributed by atoms with Crippen molar-refractivity contribution in [1.82, 2.24) is 0 Å². The summed E-state index contributed by atoms with van der Waals surface area (Å²) in [4.78, 5) is 0. The fourth-order valence-corrected chi connectivity index (χ4v) is 3.32. The van der Waals surface area contributed by atoms with Crippen molar-refractivity contribution < 1.29 is 4.74 Å². The minimum absolute atomic E-state index is 0.333. The minimum Gasteiger partial charge on any atom is -0.370 e. The van der Waals surface area contributed by atoms with Crippen molar-refractivity contribution in [2.75, 3.05) is 6.61 Å². The van der Waals surface area contributed by atoms with Crippen LogP contribution in [0, 0.1) is 17.8 Å². The molecule has 0 aromatic rings. The molecule has 1 heteroatoms. The average molecular weight is 152 g/mol. The lowest BCUT2D eigenvalue weighted by Crippen LogP contribution is -2.25. The SMILES string of the molecule is CC1(C2CC3CCC2C3)CO1. The first kappa shape index (κ1) is 6.47. The highest BCUT2D eigenvalue weighted by molar-refractivity contribution is 5.03. The number of epoxide rings is 1. The first-order chi connectivity index (χ1) is 5.28.